The first-order valence-corrected chi connectivity index (χ1v) is 8.27. The lowest BCUT2D eigenvalue weighted by Gasteiger charge is -2.20. The van der Waals surface area contributed by atoms with Gasteiger partial charge in [-0.3, -0.25) is 4.79 Å². The standard InChI is InChI=1S/C20H25NO4/c1-14(20(23)24)17-12-19(25-3)18(22)11-16(17)9-10-21(2)13-15-7-5-4-6-8-15/h4-8,11-12,14,22H,9-10,13H2,1-3H3,(H,23,24). The monoisotopic (exact) mass is 343 g/mol. The van der Waals surface area contributed by atoms with Crippen molar-refractivity contribution in [3.63, 3.8) is 0 Å². The lowest BCUT2D eigenvalue weighted by Crippen LogP contribution is -2.21. The molecular weight excluding hydrogens is 318 g/mol. The van der Waals surface area contributed by atoms with Crippen molar-refractivity contribution in [3.05, 3.63) is 59.2 Å². The third-order valence-corrected chi connectivity index (χ3v) is 4.34. The van der Waals surface area contributed by atoms with Crippen molar-refractivity contribution >= 4 is 5.97 Å². The number of carboxylic acids is 1. The summed E-state index contributed by atoms with van der Waals surface area (Å²) < 4.78 is 5.12. The van der Waals surface area contributed by atoms with Crippen LogP contribution in [0.3, 0.4) is 0 Å². The molecule has 2 N–H and O–H groups in total. The van der Waals surface area contributed by atoms with Crippen molar-refractivity contribution in [1.82, 2.24) is 4.90 Å². The first-order valence-electron chi connectivity index (χ1n) is 8.27. The average Bonchev–Trinajstić information content (AvgIpc) is 2.60. The molecule has 134 valence electrons. The summed E-state index contributed by atoms with van der Waals surface area (Å²) in [4.78, 5) is 13.6. The van der Waals surface area contributed by atoms with Crippen molar-refractivity contribution in [2.24, 2.45) is 0 Å². The van der Waals surface area contributed by atoms with Crippen LogP contribution in [0.1, 0.15) is 29.5 Å². The summed E-state index contributed by atoms with van der Waals surface area (Å²) >= 11 is 0. The molecular formula is C20H25NO4. The summed E-state index contributed by atoms with van der Waals surface area (Å²) in [6.45, 7) is 3.21. The fourth-order valence-corrected chi connectivity index (χ4v) is 2.83. The SMILES string of the molecule is COc1cc(C(C)C(=O)O)c(CCN(C)Cc2ccccc2)cc1O. The van der Waals surface area contributed by atoms with E-state index < -0.39 is 11.9 Å². The van der Waals surface area contributed by atoms with Gasteiger partial charge < -0.3 is 19.8 Å². The van der Waals surface area contributed by atoms with Crippen LogP contribution in [0.25, 0.3) is 0 Å². The minimum atomic E-state index is -0.897. The molecule has 0 radical (unpaired) electrons. The molecule has 25 heavy (non-hydrogen) atoms. The summed E-state index contributed by atoms with van der Waals surface area (Å²) in [7, 11) is 3.48. The zero-order chi connectivity index (χ0) is 18.4. The van der Waals surface area contributed by atoms with E-state index >= 15 is 0 Å². The number of carbonyl (C=O) groups is 1. The number of aromatic hydroxyl groups is 1. The smallest absolute Gasteiger partial charge is 0.310 e. The van der Waals surface area contributed by atoms with E-state index in [-0.39, 0.29) is 5.75 Å². The number of aliphatic carboxylic acids is 1. The number of benzene rings is 2. The summed E-state index contributed by atoms with van der Waals surface area (Å²) in [6.07, 6.45) is 0.647. The molecule has 0 spiro atoms. The Balaban J connectivity index is 2.14. The molecule has 2 aromatic carbocycles. The molecule has 0 aromatic heterocycles. The highest BCUT2D eigenvalue weighted by atomic mass is 16.5. The molecule has 0 aliphatic carbocycles. The molecule has 0 saturated carbocycles. The van der Waals surface area contributed by atoms with Crippen molar-refractivity contribution in [1.29, 1.82) is 0 Å². The molecule has 5 nitrogen and oxygen atoms in total. The predicted octanol–water partition coefficient (Wildman–Crippen LogP) is 3.26. The van der Waals surface area contributed by atoms with E-state index in [9.17, 15) is 15.0 Å². The van der Waals surface area contributed by atoms with Gasteiger partial charge in [-0.25, -0.2) is 0 Å². The molecule has 1 atom stereocenters. The van der Waals surface area contributed by atoms with Crippen molar-refractivity contribution < 1.29 is 19.7 Å². The van der Waals surface area contributed by atoms with E-state index in [0.29, 0.717) is 17.7 Å². The molecule has 0 amide bonds. The Morgan fingerprint density at radius 3 is 2.52 bits per heavy atom. The third kappa shape index (κ3) is 4.97. The second kappa shape index (κ2) is 8.53. The molecule has 0 heterocycles. The maximum absolute atomic E-state index is 11.4. The van der Waals surface area contributed by atoms with Crippen molar-refractivity contribution in [3.8, 4) is 11.5 Å². The number of rotatable bonds is 8. The number of phenols is 1. The van der Waals surface area contributed by atoms with Crippen LogP contribution in [0.2, 0.25) is 0 Å². The Morgan fingerprint density at radius 1 is 1.24 bits per heavy atom. The summed E-state index contributed by atoms with van der Waals surface area (Å²) in [5.41, 5.74) is 2.73. The zero-order valence-corrected chi connectivity index (χ0v) is 14.9. The average molecular weight is 343 g/mol. The Morgan fingerprint density at radius 2 is 1.92 bits per heavy atom. The minimum Gasteiger partial charge on any atom is -0.504 e. The number of phenolic OH excluding ortho intramolecular Hbond substituents is 1. The molecule has 0 aliphatic rings. The van der Waals surface area contributed by atoms with E-state index in [1.807, 2.05) is 25.2 Å². The van der Waals surface area contributed by atoms with Crippen LogP contribution in [-0.4, -0.2) is 41.8 Å². The van der Waals surface area contributed by atoms with Crippen molar-refractivity contribution in [2.75, 3.05) is 20.7 Å². The third-order valence-electron chi connectivity index (χ3n) is 4.34. The number of likely N-dealkylation sites (N-methyl/N-ethyl adjacent to an activating group) is 1. The summed E-state index contributed by atoms with van der Waals surface area (Å²) in [5, 5.41) is 19.4. The molecule has 2 rings (SSSR count). The highest BCUT2D eigenvalue weighted by Crippen LogP contribution is 2.33. The largest absolute Gasteiger partial charge is 0.504 e. The van der Waals surface area contributed by atoms with Gasteiger partial charge in [-0.1, -0.05) is 30.3 Å². The Kier molecular flexibility index (Phi) is 6.42. The van der Waals surface area contributed by atoms with Crippen LogP contribution < -0.4 is 4.74 Å². The number of methoxy groups -OCH3 is 1. The van der Waals surface area contributed by atoms with Gasteiger partial charge in [0.1, 0.15) is 0 Å². The summed E-state index contributed by atoms with van der Waals surface area (Å²) in [6, 6.07) is 13.4. The quantitative estimate of drug-likeness (QED) is 0.770. The Hall–Kier alpha value is -2.53. The molecule has 0 fully saturated rings. The van der Waals surface area contributed by atoms with Gasteiger partial charge in [0.15, 0.2) is 11.5 Å². The first-order chi connectivity index (χ1) is 11.9. The van der Waals surface area contributed by atoms with Crippen LogP contribution in [0.4, 0.5) is 0 Å². The zero-order valence-electron chi connectivity index (χ0n) is 14.9. The van der Waals surface area contributed by atoms with Gasteiger partial charge in [-0.2, -0.15) is 0 Å². The lowest BCUT2D eigenvalue weighted by atomic mass is 9.93. The van der Waals surface area contributed by atoms with Gasteiger partial charge in [0, 0.05) is 13.1 Å². The molecule has 2 aromatic rings. The van der Waals surface area contributed by atoms with Gasteiger partial charge in [0.25, 0.3) is 0 Å². The molecule has 0 aliphatic heterocycles. The maximum atomic E-state index is 11.4. The van der Waals surface area contributed by atoms with Gasteiger partial charge in [0.2, 0.25) is 0 Å². The predicted molar refractivity (Wildman–Crippen MR) is 97.2 cm³/mol. The van der Waals surface area contributed by atoms with E-state index in [2.05, 4.69) is 17.0 Å². The van der Waals surface area contributed by atoms with Crippen LogP contribution in [0.15, 0.2) is 42.5 Å². The fraction of sp³-hybridized carbons (Fsp3) is 0.350. The topological polar surface area (TPSA) is 70.0 Å². The molecule has 5 heteroatoms. The number of hydrogen-bond donors (Lipinski definition) is 2. The van der Waals surface area contributed by atoms with Crippen LogP contribution >= 0.6 is 0 Å². The van der Waals surface area contributed by atoms with E-state index in [1.54, 1.807) is 19.1 Å². The van der Waals surface area contributed by atoms with Crippen LogP contribution in [0.5, 0.6) is 11.5 Å². The first kappa shape index (κ1) is 18.8. The van der Waals surface area contributed by atoms with E-state index in [0.717, 1.165) is 18.7 Å². The van der Waals surface area contributed by atoms with Crippen LogP contribution in [0, 0.1) is 0 Å². The second-order valence-corrected chi connectivity index (χ2v) is 6.26. The molecule has 1 unspecified atom stereocenters. The van der Waals surface area contributed by atoms with Gasteiger partial charge >= 0.3 is 5.97 Å². The highest BCUT2D eigenvalue weighted by Gasteiger charge is 2.20. The normalized spacial score (nSPS) is 12.2. The lowest BCUT2D eigenvalue weighted by molar-refractivity contribution is -0.138. The van der Waals surface area contributed by atoms with Gasteiger partial charge in [-0.05, 0) is 49.2 Å². The van der Waals surface area contributed by atoms with Gasteiger partial charge in [0.05, 0.1) is 13.0 Å². The van der Waals surface area contributed by atoms with Crippen molar-refractivity contribution in [2.45, 2.75) is 25.8 Å². The number of nitrogens with zero attached hydrogens (tertiary/aromatic N) is 1. The van der Waals surface area contributed by atoms with E-state index in [1.165, 1.54) is 12.7 Å². The van der Waals surface area contributed by atoms with Gasteiger partial charge in [-0.15, -0.1) is 0 Å². The Bertz CT molecular complexity index is 715. The number of carboxylic acid groups (broad SMARTS) is 1. The molecule has 0 bridgehead atoms. The number of hydrogen-bond acceptors (Lipinski definition) is 4. The van der Waals surface area contributed by atoms with Crippen LogP contribution in [-0.2, 0) is 17.8 Å². The highest BCUT2D eigenvalue weighted by molar-refractivity contribution is 5.76. The second-order valence-electron chi connectivity index (χ2n) is 6.26. The summed E-state index contributed by atoms with van der Waals surface area (Å²) in [5.74, 6) is -1.23. The Labute approximate surface area is 148 Å². The fourth-order valence-electron chi connectivity index (χ4n) is 2.83. The minimum absolute atomic E-state index is 0.0320. The van der Waals surface area contributed by atoms with E-state index in [4.69, 9.17) is 4.74 Å². The number of ether oxygens (including phenoxy) is 1. The molecule has 0 saturated heterocycles. The maximum Gasteiger partial charge on any atom is 0.310 e.